The van der Waals surface area contributed by atoms with Crippen LogP contribution in [0.5, 0.6) is 0 Å². The molecule has 24 heavy (non-hydrogen) atoms. The van der Waals surface area contributed by atoms with Crippen LogP contribution in [0.15, 0.2) is 18.6 Å². The first-order chi connectivity index (χ1) is 11.6. The van der Waals surface area contributed by atoms with Crippen LogP contribution >= 0.6 is 11.3 Å². The first-order valence-electron chi connectivity index (χ1n) is 7.78. The van der Waals surface area contributed by atoms with Gasteiger partial charge in [-0.2, -0.15) is 5.26 Å². The molecule has 1 N–H and O–H groups in total. The van der Waals surface area contributed by atoms with E-state index in [1.807, 2.05) is 12.3 Å². The number of hydrogen-bond acceptors (Lipinski definition) is 7. The van der Waals surface area contributed by atoms with Gasteiger partial charge in [0, 0.05) is 37.3 Å². The summed E-state index contributed by atoms with van der Waals surface area (Å²) in [4.78, 5) is 27.2. The molecule has 3 heterocycles. The van der Waals surface area contributed by atoms with Crippen molar-refractivity contribution in [2.24, 2.45) is 5.92 Å². The molecule has 0 saturated carbocycles. The Balaban J connectivity index is 1.50. The lowest BCUT2D eigenvalue weighted by Crippen LogP contribution is -2.20. The Hall–Kier alpha value is -2.37. The van der Waals surface area contributed by atoms with Gasteiger partial charge in [0.05, 0.1) is 11.9 Å². The third-order valence-corrected chi connectivity index (χ3v) is 4.80. The number of hydrogen-bond donors (Lipinski definition) is 1. The minimum atomic E-state index is -0.0966. The summed E-state index contributed by atoms with van der Waals surface area (Å²) in [6.07, 6.45) is 7.07. The summed E-state index contributed by atoms with van der Waals surface area (Å²) < 4.78 is 0. The summed E-state index contributed by atoms with van der Waals surface area (Å²) in [5, 5.41) is 12.1. The van der Waals surface area contributed by atoms with Crippen molar-refractivity contribution in [2.75, 3.05) is 18.4 Å². The average molecular weight is 342 g/mol. The molecule has 1 saturated heterocycles. The van der Waals surface area contributed by atoms with Gasteiger partial charge in [0.15, 0.2) is 10.8 Å². The van der Waals surface area contributed by atoms with E-state index in [9.17, 15) is 4.79 Å². The Bertz CT molecular complexity index is 751. The van der Waals surface area contributed by atoms with Gasteiger partial charge in [0.2, 0.25) is 5.91 Å². The minimum Gasteiger partial charge on any atom is -0.302 e. The predicted octanol–water partition coefficient (Wildman–Crippen LogP) is 1.83. The predicted molar refractivity (Wildman–Crippen MR) is 90.3 cm³/mol. The molecule has 1 aliphatic heterocycles. The van der Waals surface area contributed by atoms with Crippen molar-refractivity contribution in [3.8, 4) is 6.07 Å². The summed E-state index contributed by atoms with van der Waals surface area (Å²) in [7, 11) is 0. The topological polar surface area (TPSA) is 94.8 Å². The molecule has 124 valence electrons. The normalized spacial score (nSPS) is 17.6. The van der Waals surface area contributed by atoms with E-state index < -0.39 is 0 Å². The Morgan fingerprint density at radius 2 is 2.29 bits per heavy atom. The van der Waals surface area contributed by atoms with Crippen LogP contribution in [-0.4, -0.2) is 38.8 Å². The summed E-state index contributed by atoms with van der Waals surface area (Å²) in [5.74, 6) is 0.454. The summed E-state index contributed by atoms with van der Waals surface area (Å²) >= 11 is 1.52. The van der Waals surface area contributed by atoms with Crippen molar-refractivity contribution in [1.82, 2.24) is 19.9 Å². The number of carbonyl (C=O) groups is 1. The molecule has 1 fully saturated rings. The van der Waals surface area contributed by atoms with Gasteiger partial charge in [-0.25, -0.2) is 9.97 Å². The zero-order chi connectivity index (χ0) is 16.9. The molecule has 0 bridgehead atoms. The van der Waals surface area contributed by atoms with E-state index >= 15 is 0 Å². The van der Waals surface area contributed by atoms with Gasteiger partial charge in [-0.1, -0.05) is 0 Å². The molecule has 2 aromatic heterocycles. The second-order valence-electron chi connectivity index (χ2n) is 5.91. The molecule has 1 aliphatic rings. The van der Waals surface area contributed by atoms with Gasteiger partial charge in [-0.3, -0.25) is 14.7 Å². The Kier molecular flexibility index (Phi) is 5.13. The van der Waals surface area contributed by atoms with Crippen molar-refractivity contribution < 1.29 is 4.79 Å². The summed E-state index contributed by atoms with van der Waals surface area (Å²) in [5.41, 5.74) is 1.29. The maximum absolute atomic E-state index is 11.0. The lowest BCUT2D eigenvalue weighted by molar-refractivity contribution is -0.114. The molecule has 2 aromatic rings. The van der Waals surface area contributed by atoms with Crippen LogP contribution < -0.4 is 5.32 Å². The number of nitrogens with one attached hydrogen (secondary N) is 1. The zero-order valence-corrected chi connectivity index (χ0v) is 14.2. The second kappa shape index (κ2) is 7.47. The number of likely N-dealkylation sites (tertiary alicyclic amines) is 1. The Morgan fingerprint density at radius 3 is 3.00 bits per heavy atom. The first-order valence-corrected chi connectivity index (χ1v) is 8.59. The van der Waals surface area contributed by atoms with E-state index in [1.54, 1.807) is 6.20 Å². The average Bonchev–Trinajstić information content (AvgIpc) is 3.17. The monoisotopic (exact) mass is 342 g/mol. The molecule has 3 rings (SSSR count). The van der Waals surface area contributed by atoms with Crippen molar-refractivity contribution in [3.05, 3.63) is 34.9 Å². The number of thiazole rings is 1. The molecule has 1 unspecified atom stereocenters. The molecule has 7 nitrogen and oxygen atoms in total. The summed E-state index contributed by atoms with van der Waals surface area (Å²) in [6, 6.07) is 1.98. The van der Waals surface area contributed by atoms with E-state index in [0.717, 1.165) is 43.0 Å². The highest BCUT2D eigenvalue weighted by Gasteiger charge is 2.23. The molecular weight excluding hydrogens is 324 g/mol. The molecular formula is C16H18N6OS. The molecule has 0 aromatic carbocycles. The minimum absolute atomic E-state index is 0.0966. The highest BCUT2D eigenvalue weighted by Crippen LogP contribution is 2.25. The Labute approximate surface area is 144 Å². The van der Waals surface area contributed by atoms with Crippen LogP contribution in [0, 0.1) is 17.2 Å². The third kappa shape index (κ3) is 4.34. The van der Waals surface area contributed by atoms with E-state index in [-0.39, 0.29) is 5.91 Å². The van der Waals surface area contributed by atoms with Crippen LogP contribution in [0.3, 0.4) is 0 Å². The maximum atomic E-state index is 11.0. The fourth-order valence-corrected chi connectivity index (χ4v) is 3.75. The number of nitrogens with zero attached hydrogens (tertiary/aromatic N) is 5. The molecule has 0 aliphatic carbocycles. The van der Waals surface area contributed by atoms with E-state index in [0.29, 0.717) is 16.7 Å². The molecule has 1 atom stereocenters. The van der Waals surface area contributed by atoms with Crippen LogP contribution in [0.2, 0.25) is 0 Å². The third-order valence-electron chi connectivity index (χ3n) is 3.90. The van der Waals surface area contributed by atoms with Crippen molar-refractivity contribution in [1.29, 1.82) is 5.26 Å². The fourth-order valence-electron chi connectivity index (χ4n) is 2.85. The van der Waals surface area contributed by atoms with Gasteiger partial charge in [-0.05, 0) is 25.3 Å². The SMILES string of the molecule is CC(=O)Nc1ncc(CN2CCC(Cc3cnc(C#N)cn3)C2)s1. The lowest BCUT2D eigenvalue weighted by atomic mass is 10.0. The number of anilines is 1. The molecule has 0 spiro atoms. The number of rotatable bonds is 5. The van der Waals surface area contributed by atoms with E-state index in [4.69, 9.17) is 5.26 Å². The Morgan fingerprint density at radius 1 is 1.42 bits per heavy atom. The van der Waals surface area contributed by atoms with E-state index in [2.05, 4.69) is 25.2 Å². The number of aromatic nitrogens is 3. The van der Waals surface area contributed by atoms with Crippen LogP contribution in [0.4, 0.5) is 5.13 Å². The standard InChI is InChI=1S/C16H18N6OS/c1-11(23)21-16-20-8-15(24-16)10-22-3-2-12(9-22)4-13-6-19-14(5-17)7-18-13/h6-8,12H,2-4,9-10H2,1H3,(H,20,21,23). The number of amides is 1. The lowest BCUT2D eigenvalue weighted by Gasteiger charge is -2.14. The first kappa shape index (κ1) is 16.5. The van der Waals surface area contributed by atoms with Crippen molar-refractivity contribution in [2.45, 2.75) is 26.3 Å². The number of nitriles is 1. The van der Waals surface area contributed by atoms with Gasteiger partial charge in [0.25, 0.3) is 0 Å². The van der Waals surface area contributed by atoms with Gasteiger partial charge in [0.1, 0.15) is 6.07 Å². The van der Waals surface area contributed by atoms with Crippen LogP contribution in [0.1, 0.15) is 29.6 Å². The summed E-state index contributed by atoms with van der Waals surface area (Å²) in [6.45, 7) is 4.39. The quantitative estimate of drug-likeness (QED) is 0.891. The zero-order valence-electron chi connectivity index (χ0n) is 13.4. The van der Waals surface area contributed by atoms with Gasteiger partial charge < -0.3 is 5.32 Å². The maximum Gasteiger partial charge on any atom is 0.223 e. The van der Waals surface area contributed by atoms with Crippen molar-refractivity contribution in [3.63, 3.8) is 0 Å². The highest BCUT2D eigenvalue weighted by molar-refractivity contribution is 7.15. The van der Waals surface area contributed by atoms with Gasteiger partial charge >= 0.3 is 0 Å². The van der Waals surface area contributed by atoms with Crippen molar-refractivity contribution >= 4 is 22.4 Å². The van der Waals surface area contributed by atoms with E-state index in [1.165, 1.54) is 24.5 Å². The highest BCUT2D eigenvalue weighted by atomic mass is 32.1. The largest absolute Gasteiger partial charge is 0.302 e. The molecule has 8 heteroatoms. The fraction of sp³-hybridized carbons (Fsp3) is 0.438. The number of carbonyl (C=O) groups excluding carboxylic acids is 1. The van der Waals surface area contributed by atoms with Crippen LogP contribution in [-0.2, 0) is 17.8 Å². The van der Waals surface area contributed by atoms with Gasteiger partial charge in [-0.15, -0.1) is 11.3 Å². The molecule has 1 amide bonds. The smallest absolute Gasteiger partial charge is 0.223 e. The molecule has 0 radical (unpaired) electrons. The van der Waals surface area contributed by atoms with Crippen LogP contribution in [0.25, 0.3) is 0 Å². The second-order valence-corrected chi connectivity index (χ2v) is 7.03.